The first kappa shape index (κ1) is 16.6. The van der Waals surface area contributed by atoms with Crippen molar-refractivity contribution in [2.75, 3.05) is 6.54 Å². The van der Waals surface area contributed by atoms with E-state index in [4.69, 9.17) is 9.72 Å². The Bertz CT molecular complexity index is 871. The van der Waals surface area contributed by atoms with Gasteiger partial charge in [-0.2, -0.15) is 0 Å². The minimum absolute atomic E-state index is 0.239. The average molecular weight is 347 g/mol. The van der Waals surface area contributed by atoms with Gasteiger partial charge in [-0.05, 0) is 50.6 Å². The number of rotatable bonds is 5. The lowest BCUT2D eigenvalue weighted by Gasteiger charge is -2.23. The second kappa shape index (κ2) is 7.58. The number of aromatic nitrogens is 4. The predicted octanol–water partition coefficient (Wildman–Crippen LogP) is 3.70. The summed E-state index contributed by atoms with van der Waals surface area (Å²) in [5.41, 5.74) is 2.85. The highest BCUT2D eigenvalue weighted by Crippen LogP contribution is 2.32. The summed E-state index contributed by atoms with van der Waals surface area (Å²) < 4.78 is 5.90. The van der Waals surface area contributed by atoms with Crippen molar-refractivity contribution in [3.63, 3.8) is 0 Å². The van der Waals surface area contributed by atoms with E-state index in [2.05, 4.69) is 25.9 Å². The minimum atomic E-state index is 0.239. The summed E-state index contributed by atoms with van der Waals surface area (Å²) in [5, 5.41) is 0. The third-order valence-electron chi connectivity index (χ3n) is 4.60. The molecule has 4 rings (SSSR count). The molecule has 26 heavy (non-hydrogen) atoms. The topological polar surface area (TPSA) is 64.0 Å². The van der Waals surface area contributed by atoms with E-state index >= 15 is 0 Å². The van der Waals surface area contributed by atoms with E-state index in [0.717, 1.165) is 43.0 Å². The highest BCUT2D eigenvalue weighted by atomic mass is 16.5. The van der Waals surface area contributed by atoms with E-state index < -0.39 is 0 Å². The smallest absolute Gasteiger partial charge is 0.238 e. The van der Waals surface area contributed by atoms with Gasteiger partial charge in [0.15, 0.2) is 5.75 Å². The van der Waals surface area contributed by atoms with Crippen molar-refractivity contribution in [3.05, 3.63) is 72.2 Å². The van der Waals surface area contributed by atoms with Crippen LogP contribution in [0, 0.1) is 6.92 Å². The molecule has 1 saturated heterocycles. The maximum Gasteiger partial charge on any atom is 0.238 e. The first-order valence-electron chi connectivity index (χ1n) is 8.85. The van der Waals surface area contributed by atoms with Crippen LogP contribution in [0.25, 0.3) is 0 Å². The zero-order valence-corrected chi connectivity index (χ0v) is 14.7. The van der Waals surface area contributed by atoms with Crippen LogP contribution in [-0.2, 0) is 6.54 Å². The van der Waals surface area contributed by atoms with Gasteiger partial charge in [-0.15, -0.1) is 0 Å². The van der Waals surface area contributed by atoms with Gasteiger partial charge in [0.25, 0.3) is 0 Å². The molecule has 0 radical (unpaired) electrons. The number of nitrogens with zero attached hydrogens (tertiary/aromatic N) is 5. The number of hydrogen-bond donors (Lipinski definition) is 0. The van der Waals surface area contributed by atoms with Crippen LogP contribution in [0.4, 0.5) is 0 Å². The lowest BCUT2D eigenvalue weighted by molar-refractivity contribution is 0.240. The van der Waals surface area contributed by atoms with E-state index in [1.54, 1.807) is 12.4 Å². The van der Waals surface area contributed by atoms with Gasteiger partial charge in [0.2, 0.25) is 5.88 Å². The molecule has 1 fully saturated rings. The quantitative estimate of drug-likeness (QED) is 0.701. The molecule has 3 aromatic heterocycles. The second-order valence-electron chi connectivity index (χ2n) is 6.42. The highest BCUT2D eigenvalue weighted by molar-refractivity contribution is 5.29. The fraction of sp³-hybridized carbons (Fsp3) is 0.300. The molecule has 0 saturated carbocycles. The van der Waals surface area contributed by atoms with E-state index in [-0.39, 0.29) is 6.04 Å². The van der Waals surface area contributed by atoms with E-state index in [0.29, 0.717) is 11.6 Å². The fourth-order valence-corrected chi connectivity index (χ4v) is 3.31. The van der Waals surface area contributed by atoms with Crippen molar-refractivity contribution in [2.24, 2.45) is 0 Å². The van der Waals surface area contributed by atoms with E-state index in [9.17, 15) is 0 Å². The Morgan fingerprint density at radius 1 is 1.12 bits per heavy atom. The fourth-order valence-electron chi connectivity index (χ4n) is 3.31. The number of ether oxygens (including phenoxy) is 1. The van der Waals surface area contributed by atoms with Crippen LogP contribution < -0.4 is 4.74 Å². The third-order valence-corrected chi connectivity index (χ3v) is 4.60. The van der Waals surface area contributed by atoms with Crippen molar-refractivity contribution in [2.45, 2.75) is 32.4 Å². The Kier molecular flexibility index (Phi) is 4.84. The summed E-state index contributed by atoms with van der Waals surface area (Å²) in [7, 11) is 0. The van der Waals surface area contributed by atoms with Crippen LogP contribution in [0.1, 0.15) is 36.0 Å². The molecule has 0 unspecified atom stereocenters. The van der Waals surface area contributed by atoms with E-state index in [1.165, 1.54) is 0 Å². The number of hydrogen-bond acceptors (Lipinski definition) is 6. The standard InChI is InChI=1S/C20H21N5O/c1-15-19(8-4-10-22-15)26-20-13-21-12-17(24-20)18-7-5-11-25(18)14-16-6-2-3-9-23-16/h2-4,6,8-10,12-13,18H,5,7,11,14H2,1H3/t18-/m1/s1. The third kappa shape index (κ3) is 3.70. The van der Waals surface area contributed by atoms with Crippen LogP contribution in [0.5, 0.6) is 11.6 Å². The Morgan fingerprint density at radius 3 is 2.88 bits per heavy atom. The SMILES string of the molecule is Cc1ncccc1Oc1cncc([C@H]2CCCN2Cc2ccccn2)n1. The van der Waals surface area contributed by atoms with Gasteiger partial charge in [0.1, 0.15) is 0 Å². The van der Waals surface area contributed by atoms with Gasteiger partial charge in [0, 0.05) is 18.9 Å². The number of aryl methyl sites for hydroxylation is 1. The molecule has 0 aromatic carbocycles. The summed E-state index contributed by atoms with van der Waals surface area (Å²) in [6.07, 6.45) is 9.28. The maximum absolute atomic E-state index is 5.90. The Morgan fingerprint density at radius 2 is 2.04 bits per heavy atom. The normalized spacial score (nSPS) is 17.3. The van der Waals surface area contributed by atoms with Crippen molar-refractivity contribution in [1.82, 2.24) is 24.8 Å². The molecule has 1 aliphatic rings. The van der Waals surface area contributed by atoms with Gasteiger partial charge in [-0.3, -0.25) is 19.9 Å². The summed E-state index contributed by atoms with van der Waals surface area (Å²) in [6.45, 7) is 3.77. The molecular weight excluding hydrogens is 326 g/mol. The molecule has 0 aliphatic carbocycles. The number of pyridine rings is 2. The van der Waals surface area contributed by atoms with Crippen LogP contribution in [0.15, 0.2) is 55.1 Å². The maximum atomic E-state index is 5.90. The second-order valence-corrected chi connectivity index (χ2v) is 6.42. The Labute approximate surface area is 152 Å². The number of likely N-dealkylation sites (tertiary alicyclic amines) is 1. The van der Waals surface area contributed by atoms with Crippen LogP contribution in [-0.4, -0.2) is 31.4 Å². The summed E-state index contributed by atoms with van der Waals surface area (Å²) >= 11 is 0. The van der Waals surface area contributed by atoms with Crippen LogP contribution in [0.2, 0.25) is 0 Å². The monoisotopic (exact) mass is 347 g/mol. The summed E-state index contributed by atoms with van der Waals surface area (Å²) in [5.74, 6) is 1.21. The Hall–Kier alpha value is -2.86. The predicted molar refractivity (Wildman–Crippen MR) is 97.7 cm³/mol. The van der Waals surface area contributed by atoms with Crippen molar-refractivity contribution in [1.29, 1.82) is 0 Å². The molecule has 0 bridgehead atoms. The van der Waals surface area contributed by atoms with Crippen molar-refractivity contribution >= 4 is 0 Å². The highest BCUT2D eigenvalue weighted by Gasteiger charge is 2.28. The molecular formula is C20H21N5O. The molecule has 0 amide bonds. The van der Waals surface area contributed by atoms with Crippen molar-refractivity contribution < 1.29 is 4.74 Å². The van der Waals surface area contributed by atoms with Gasteiger partial charge >= 0.3 is 0 Å². The zero-order valence-electron chi connectivity index (χ0n) is 14.7. The van der Waals surface area contributed by atoms with Crippen LogP contribution in [0.3, 0.4) is 0 Å². The summed E-state index contributed by atoms with van der Waals surface area (Å²) in [4.78, 5) is 20.2. The first-order valence-corrected chi connectivity index (χ1v) is 8.85. The first-order chi connectivity index (χ1) is 12.8. The lowest BCUT2D eigenvalue weighted by atomic mass is 10.1. The van der Waals surface area contributed by atoms with Gasteiger partial charge in [-0.1, -0.05) is 6.07 Å². The molecule has 6 nitrogen and oxygen atoms in total. The molecule has 132 valence electrons. The minimum Gasteiger partial charge on any atom is -0.436 e. The molecule has 1 aliphatic heterocycles. The lowest BCUT2D eigenvalue weighted by Crippen LogP contribution is -2.24. The largest absolute Gasteiger partial charge is 0.436 e. The van der Waals surface area contributed by atoms with Gasteiger partial charge < -0.3 is 4.74 Å². The molecule has 0 spiro atoms. The molecule has 4 heterocycles. The summed E-state index contributed by atoms with van der Waals surface area (Å²) in [6, 6.07) is 10.0. The molecule has 0 N–H and O–H groups in total. The zero-order chi connectivity index (χ0) is 17.8. The van der Waals surface area contributed by atoms with Gasteiger partial charge in [-0.25, -0.2) is 4.98 Å². The average Bonchev–Trinajstić information content (AvgIpc) is 3.13. The van der Waals surface area contributed by atoms with Crippen molar-refractivity contribution in [3.8, 4) is 11.6 Å². The van der Waals surface area contributed by atoms with Crippen LogP contribution >= 0.6 is 0 Å². The van der Waals surface area contributed by atoms with E-state index in [1.807, 2.05) is 43.6 Å². The molecule has 6 heteroatoms. The molecule has 1 atom stereocenters. The van der Waals surface area contributed by atoms with Gasteiger partial charge in [0.05, 0.1) is 35.5 Å². The molecule has 3 aromatic rings. The Balaban J connectivity index is 1.53.